The number of hydrogen-bond donors (Lipinski definition) is 0. The van der Waals surface area contributed by atoms with E-state index in [1.54, 1.807) is 23.8 Å². The lowest BCUT2D eigenvalue weighted by atomic mass is 10.1. The summed E-state index contributed by atoms with van der Waals surface area (Å²) in [5, 5.41) is 12.2. The zero-order chi connectivity index (χ0) is 16.9. The Morgan fingerprint density at radius 2 is 2.38 bits per heavy atom. The molecule has 24 heavy (non-hydrogen) atoms. The fourth-order valence-electron chi connectivity index (χ4n) is 2.94. The van der Waals surface area contributed by atoms with Gasteiger partial charge in [0.15, 0.2) is 0 Å². The molecule has 2 heterocycles. The molecule has 1 atom stereocenters. The van der Waals surface area contributed by atoms with Crippen LogP contribution in [0.5, 0.6) is 5.75 Å². The lowest BCUT2D eigenvalue weighted by Crippen LogP contribution is -2.40. The van der Waals surface area contributed by atoms with Crippen LogP contribution in [0.15, 0.2) is 35.5 Å². The number of thioether (sulfide) groups is 1. The molecule has 0 N–H and O–H groups in total. The number of ether oxygens (including phenoxy) is 1. The van der Waals surface area contributed by atoms with E-state index in [-0.39, 0.29) is 12.3 Å². The molecular weight excluding hydrogens is 322 g/mol. The van der Waals surface area contributed by atoms with E-state index in [4.69, 9.17) is 10.00 Å². The largest absolute Gasteiger partial charge is 0.497 e. The molecule has 0 radical (unpaired) electrons. The molecule has 6 heteroatoms. The fraction of sp³-hybridized carbons (Fsp3) is 0.389. The van der Waals surface area contributed by atoms with Crippen LogP contribution in [0.25, 0.3) is 10.8 Å². The number of piperidine rings is 1. The van der Waals surface area contributed by atoms with Crippen molar-refractivity contribution in [3.8, 4) is 11.8 Å². The van der Waals surface area contributed by atoms with Crippen LogP contribution in [-0.2, 0) is 4.79 Å². The number of nitrogens with zero attached hydrogens (tertiary/aromatic N) is 3. The van der Waals surface area contributed by atoms with E-state index in [2.05, 4.69) is 4.98 Å². The van der Waals surface area contributed by atoms with Gasteiger partial charge in [-0.15, -0.1) is 11.8 Å². The van der Waals surface area contributed by atoms with Crippen LogP contribution in [0.4, 0.5) is 0 Å². The first-order chi connectivity index (χ1) is 11.7. The number of aromatic nitrogens is 1. The van der Waals surface area contributed by atoms with Gasteiger partial charge in [0.05, 0.1) is 13.2 Å². The lowest BCUT2D eigenvalue weighted by molar-refractivity contribution is -0.130. The minimum Gasteiger partial charge on any atom is -0.497 e. The minimum absolute atomic E-state index is 0.0406. The molecule has 0 unspecified atom stereocenters. The normalized spacial score (nSPS) is 17.5. The summed E-state index contributed by atoms with van der Waals surface area (Å²) in [6.07, 6.45) is 3.78. The molecule has 0 bridgehead atoms. The van der Waals surface area contributed by atoms with Crippen LogP contribution in [0.1, 0.15) is 19.3 Å². The van der Waals surface area contributed by atoms with E-state index in [9.17, 15) is 4.79 Å². The minimum atomic E-state index is -0.0738. The molecule has 1 aliphatic heterocycles. The summed E-state index contributed by atoms with van der Waals surface area (Å²) in [5.41, 5.74) is 0. The first-order valence-electron chi connectivity index (χ1n) is 7.95. The van der Waals surface area contributed by atoms with E-state index >= 15 is 0 Å². The van der Waals surface area contributed by atoms with Gasteiger partial charge < -0.3 is 9.64 Å². The summed E-state index contributed by atoms with van der Waals surface area (Å²) in [7, 11) is 1.66. The van der Waals surface area contributed by atoms with Crippen LogP contribution < -0.4 is 4.74 Å². The Hall–Kier alpha value is -2.26. The summed E-state index contributed by atoms with van der Waals surface area (Å²) < 4.78 is 5.32. The van der Waals surface area contributed by atoms with Crippen molar-refractivity contribution in [1.29, 1.82) is 5.26 Å². The third-order valence-electron chi connectivity index (χ3n) is 4.18. The van der Waals surface area contributed by atoms with Gasteiger partial charge in [-0.25, -0.2) is 4.98 Å². The Labute approximate surface area is 145 Å². The number of likely N-dealkylation sites (tertiary alicyclic amines) is 1. The second-order valence-corrected chi connectivity index (χ2v) is 7.05. The summed E-state index contributed by atoms with van der Waals surface area (Å²) in [6, 6.07) is 9.91. The van der Waals surface area contributed by atoms with Crippen molar-refractivity contribution in [1.82, 2.24) is 9.88 Å². The van der Waals surface area contributed by atoms with Gasteiger partial charge >= 0.3 is 0 Å². The number of benzene rings is 1. The number of methoxy groups -OCH3 is 1. The highest BCUT2D eigenvalue weighted by Gasteiger charge is 2.25. The lowest BCUT2D eigenvalue weighted by Gasteiger charge is -2.32. The molecule has 1 aliphatic rings. The van der Waals surface area contributed by atoms with Gasteiger partial charge in [-0.2, -0.15) is 5.26 Å². The van der Waals surface area contributed by atoms with E-state index in [1.165, 1.54) is 0 Å². The molecule has 1 aromatic heterocycles. The monoisotopic (exact) mass is 341 g/mol. The highest BCUT2D eigenvalue weighted by molar-refractivity contribution is 8.00. The molecule has 1 aromatic carbocycles. The molecule has 1 amide bonds. The average molecular weight is 341 g/mol. The van der Waals surface area contributed by atoms with Crippen LogP contribution >= 0.6 is 11.8 Å². The Bertz CT molecular complexity index is 787. The van der Waals surface area contributed by atoms with Gasteiger partial charge in [-0.3, -0.25) is 4.79 Å². The Kier molecular flexibility index (Phi) is 5.21. The van der Waals surface area contributed by atoms with Gasteiger partial charge in [0.25, 0.3) is 0 Å². The van der Waals surface area contributed by atoms with Crippen molar-refractivity contribution in [2.75, 3.05) is 20.2 Å². The molecule has 3 rings (SSSR count). The second kappa shape index (κ2) is 7.54. The maximum Gasteiger partial charge on any atom is 0.236 e. The third kappa shape index (κ3) is 3.62. The molecule has 1 saturated heterocycles. The maximum atomic E-state index is 12.0. The van der Waals surface area contributed by atoms with Crippen LogP contribution in [-0.4, -0.2) is 41.2 Å². The first kappa shape index (κ1) is 16.6. The Morgan fingerprint density at radius 1 is 1.50 bits per heavy atom. The Morgan fingerprint density at radius 3 is 3.17 bits per heavy atom. The van der Waals surface area contributed by atoms with E-state index < -0.39 is 0 Å². The maximum absolute atomic E-state index is 12.0. The number of nitriles is 1. The van der Waals surface area contributed by atoms with Crippen molar-refractivity contribution in [3.05, 3.63) is 30.5 Å². The number of rotatable bonds is 4. The number of carbonyl (C=O) groups excluding carboxylic acids is 1. The van der Waals surface area contributed by atoms with Crippen molar-refractivity contribution >= 4 is 28.4 Å². The fourth-order valence-corrected chi connectivity index (χ4v) is 4.22. The van der Waals surface area contributed by atoms with Crippen LogP contribution in [0.2, 0.25) is 0 Å². The number of fused-ring (bicyclic) bond motifs is 1. The zero-order valence-electron chi connectivity index (χ0n) is 13.6. The topological polar surface area (TPSA) is 66.2 Å². The van der Waals surface area contributed by atoms with Gasteiger partial charge in [0, 0.05) is 29.9 Å². The van der Waals surface area contributed by atoms with Gasteiger partial charge in [-0.05, 0) is 36.4 Å². The summed E-state index contributed by atoms with van der Waals surface area (Å²) >= 11 is 1.71. The number of pyridine rings is 1. The number of amides is 1. The summed E-state index contributed by atoms with van der Waals surface area (Å²) in [6.45, 7) is 1.42. The number of hydrogen-bond acceptors (Lipinski definition) is 5. The predicted octanol–water partition coefficient (Wildman–Crippen LogP) is 3.24. The van der Waals surface area contributed by atoms with Crippen molar-refractivity contribution in [2.45, 2.75) is 29.5 Å². The highest BCUT2D eigenvalue weighted by Crippen LogP contribution is 2.34. The molecule has 5 nitrogen and oxygen atoms in total. The molecule has 2 aromatic rings. The average Bonchev–Trinajstić information content (AvgIpc) is 2.62. The predicted molar refractivity (Wildman–Crippen MR) is 94.0 cm³/mol. The zero-order valence-corrected chi connectivity index (χ0v) is 14.4. The Balaban J connectivity index is 1.79. The van der Waals surface area contributed by atoms with Crippen molar-refractivity contribution in [3.63, 3.8) is 0 Å². The van der Waals surface area contributed by atoms with E-state index in [1.807, 2.05) is 36.5 Å². The van der Waals surface area contributed by atoms with Crippen molar-refractivity contribution < 1.29 is 9.53 Å². The molecule has 0 spiro atoms. The van der Waals surface area contributed by atoms with Crippen LogP contribution in [0.3, 0.4) is 0 Å². The molecule has 0 saturated carbocycles. The quantitative estimate of drug-likeness (QED) is 0.854. The summed E-state index contributed by atoms with van der Waals surface area (Å²) in [5.74, 6) is 0.738. The SMILES string of the molecule is COc1ccc2ccnc(S[C@@H]3CCCN(C(=O)CC#N)C3)c2c1. The third-order valence-corrected chi connectivity index (χ3v) is 5.44. The van der Waals surface area contributed by atoms with Crippen molar-refractivity contribution in [2.24, 2.45) is 0 Å². The molecule has 124 valence electrons. The molecule has 1 fully saturated rings. The van der Waals surface area contributed by atoms with E-state index in [0.29, 0.717) is 11.8 Å². The van der Waals surface area contributed by atoms with Gasteiger partial charge in [0.1, 0.15) is 17.2 Å². The second-order valence-electron chi connectivity index (χ2n) is 5.76. The standard InChI is InChI=1S/C18H19N3O2S/c1-23-14-5-4-13-7-9-20-18(16(13)11-14)24-15-3-2-10-21(12-15)17(22)6-8-19/h4-5,7,9,11,15H,2-3,6,10,12H2,1H3/t15-/m1/s1. The van der Waals surface area contributed by atoms with Gasteiger partial charge in [0.2, 0.25) is 5.91 Å². The van der Waals surface area contributed by atoms with E-state index in [0.717, 1.165) is 40.9 Å². The highest BCUT2D eigenvalue weighted by atomic mass is 32.2. The number of carbonyl (C=O) groups is 1. The van der Waals surface area contributed by atoms with Gasteiger partial charge in [-0.1, -0.05) is 6.07 Å². The molecular formula is C18H19N3O2S. The molecule has 0 aliphatic carbocycles. The summed E-state index contributed by atoms with van der Waals surface area (Å²) in [4.78, 5) is 18.3. The van der Waals surface area contributed by atoms with Crippen LogP contribution in [0, 0.1) is 11.3 Å². The first-order valence-corrected chi connectivity index (χ1v) is 8.83. The smallest absolute Gasteiger partial charge is 0.236 e.